The summed E-state index contributed by atoms with van der Waals surface area (Å²) in [5.41, 5.74) is 0. The fourth-order valence-electron chi connectivity index (χ4n) is 3.97. The quantitative estimate of drug-likeness (QED) is 0.466. The summed E-state index contributed by atoms with van der Waals surface area (Å²) in [6.07, 6.45) is 14.7. The van der Waals surface area contributed by atoms with Crippen LogP contribution in [0.3, 0.4) is 0 Å². The average molecular weight is 252 g/mol. The van der Waals surface area contributed by atoms with Gasteiger partial charge in [-0.15, -0.1) is 0 Å². The van der Waals surface area contributed by atoms with Gasteiger partial charge in [0.15, 0.2) is 0 Å². The van der Waals surface area contributed by atoms with Crippen LogP contribution >= 0.6 is 0 Å². The summed E-state index contributed by atoms with van der Waals surface area (Å²) in [6, 6.07) is 0. The Bertz CT molecular complexity index is 188. The molecule has 0 bridgehead atoms. The fourth-order valence-corrected chi connectivity index (χ4v) is 3.97. The molecule has 0 radical (unpaired) electrons. The molecule has 0 aromatic heterocycles. The molecule has 1 saturated carbocycles. The second kappa shape index (κ2) is 8.99. The first-order valence-electron chi connectivity index (χ1n) is 8.72. The third-order valence-corrected chi connectivity index (χ3v) is 5.52. The van der Waals surface area contributed by atoms with E-state index < -0.39 is 0 Å². The molecule has 0 N–H and O–H groups in total. The van der Waals surface area contributed by atoms with Crippen molar-refractivity contribution >= 4 is 0 Å². The van der Waals surface area contributed by atoms with Gasteiger partial charge in [-0.2, -0.15) is 0 Å². The maximum absolute atomic E-state index is 2.46. The maximum atomic E-state index is 2.46. The van der Waals surface area contributed by atoms with Crippen LogP contribution in [-0.2, 0) is 0 Å². The molecule has 2 unspecified atom stereocenters. The van der Waals surface area contributed by atoms with Crippen molar-refractivity contribution in [2.75, 3.05) is 0 Å². The van der Waals surface area contributed by atoms with Crippen molar-refractivity contribution in [2.24, 2.45) is 23.7 Å². The molecule has 0 amide bonds. The summed E-state index contributed by atoms with van der Waals surface area (Å²) in [5, 5.41) is 0. The molecule has 2 atom stereocenters. The van der Waals surface area contributed by atoms with Crippen LogP contribution in [0.5, 0.6) is 0 Å². The van der Waals surface area contributed by atoms with Crippen molar-refractivity contribution in [3.63, 3.8) is 0 Å². The molecule has 0 nitrogen and oxygen atoms in total. The molecular weight excluding hydrogens is 216 g/mol. The van der Waals surface area contributed by atoms with Gasteiger partial charge < -0.3 is 0 Å². The third-order valence-electron chi connectivity index (χ3n) is 5.52. The fraction of sp³-hybridized carbons (Fsp3) is 1.00. The largest absolute Gasteiger partial charge is 0.0654 e. The van der Waals surface area contributed by atoms with Crippen LogP contribution in [0.15, 0.2) is 0 Å². The summed E-state index contributed by atoms with van der Waals surface area (Å²) in [7, 11) is 0. The second-order valence-corrected chi connectivity index (χ2v) is 6.75. The lowest BCUT2D eigenvalue weighted by atomic mass is 9.70. The highest BCUT2D eigenvalue weighted by Gasteiger charge is 2.28. The lowest BCUT2D eigenvalue weighted by molar-refractivity contribution is 0.153. The van der Waals surface area contributed by atoms with E-state index in [0.29, 0.717) is 0 Å². The molecule has 0 heterocycles. The minimum absolute atomic E-state index is 0.964. The molecule has 0 heteroatoms. The van der Waals surface area contributed by atoms with E-state index >= 15 is 0 Å². The molecule has 0 spiro atoms. The zero-order chi connectivity index (χ0) is 13.4. The maximum Gasteiger partial charge on any atom is -0.0386 e. The molecule has 0 saturated heterocycles. The lowest BCUT2D eigenvalue weighted by Gasteiger charge is -2.36. The van der Waals surface area contributed by atoms with Crippen molar-refractivity contribution < 1.29 is 0 Å². The summed E-state index contributed by atoms with van der Waals surface area (Å²) >= 11 is 0. The van der Waals surface area contributed by atoms with Gasteiger partial charge in [-0.3, -0.25) is 0 Å². The van der Waals surface area contributed by atoms with Crippen molar-refractivity contribution in [3.05, 3.63) is 0 Å². The number of hydrogen-bond donors (Lipinski definition) is 0. The molecule has 18 heavy (non-hydrogen) atoms. The Morgan fingerprint density at radius 3 is 1.94 bits per heavy atom. The molecule has 0 aliphatic heterocycles. The van der Waals surface area contributed by atoms with Gasteiger partial charge in [0.2, 0.25) is 0 Å². The number of unbranched alkanes of at least 4 members (excludes halogenated alkanes) is 1. The van der Waals surface area contributed by atoms with Crippen LogP contribution in [0, 0.1) is 23.7 Å². The Morgan fingerprint density at radius 1 is 0.833 bits per heavy atom. The van der Waals surface area contributed by atoms with Gasteiger partial charge >= 0.3 is 0 Å². The lowest BCUT2D eigenvalue weighted by Crippen LogP contribution is -2.24. The Hall–Kier alpha value is 0. The predicted molar refractivity (Wildman–Crippen MR) is 82.8 cm³/mol. The van der Waals surface area contributed by atoms with E-state index in [1.165, 1.54) is 64.2 Å². The van der Waals surface area contributed by atoms with E-state index in [9.17, 15) is 0 Å². The van der Waals surface area contributed by atoms with E-state index in [-0.39, 0.29) is 0 Å². The number of rotatable bonds is 8. The monoisotopic (exact) mass is 252 g/mol. The van der Waals surface area contributed by atoms with Gasteiger partial charge in [-0.25, -0.2) is 0 Å². The summed E-state index contributed by atoms with van der Waals surface area (Å²) in [5.74, 6) is 4.12. The first-order valence-corrected chi connectivity index (χ1v) is 8.72. The standard InChI is InChI=1S/C18H36/c1-5-8-10-17(9-6-2)18-13-11-16(12-14-18)15(4)7-3/h15-18H,5-14H2,1-4H3. The van der Waals surface area contributed by atoms with Crippen molar-refractivity contribution in [3.8, 4) is 0 Å². The molecule has 1 fully saturated rings. The molecule has 0 aromatic rings. The summed E-state index contributed by atoms with van der Waals surface area (Å²) < 4.78 is 0. The Labute approximate surface area is 116 Å². The van der Waals surface area contributed by atoms with Gasteiger partial charge in [0.25, 0.3) is 0 Å². The topological polar surface area (TPSA) is 0 Å². The number of hydrogen-bond acceptors (Lipinski definition) is 0. The average Bonchev–Trinajstić information content (AvgIpc) is 2.43. The Kier molecular flexibility index (Phi) is 8.02. The van der Waals surface area contributed by atoms with Crippen LogP contribution in [0.25, 0.3) is 0 Å². The predicted octanol–water partition coefficient (Wildman–Crippen LogP) is 6.45. The van der Waals surface area contributed by atoms with Gasteiger partial charge in [0.05, 0.1) is 0 Å². The highest BCUT2D eigenvalue weighted by molar-refractivity contribution is 4.79. The van der Waals surface area contributed by atoms with Crippen LogP contribution < -0.4 is 0 Å². The van der Waals surface area contributed by atoms with E-state index in [4.69, 9.17) is 0 Å². The van der Waals surface area contributed by atoms with E-state index in [1.54, 1.807) is 0 Å². The van der Waals surface area contributed by atoms with Crippen molar-refractivity contribution in [2.45, 2.75) is 91.9 Å². The molecule has 0 aromatic carbocycles. The first kappa shape index (κ1) is 16.1. The van der Waals surface area contributed by atoms with Gasteiger partial charge in [0, 0.05) is 0 Å². The van der Waals surface area contributed by atoms with E-state index in [2.05, 4.69) is 27.7 Å². The summed E-state index contributed by atoms with van der Waals surface area (Å²) in [6.45, 7) is 9.52. The van der Waals surface area contributed by atoms with Crippen molar-refractivity contribution in [1.82, 2.24) is 0 Å². The second-order valence-electron chi connectivity index (χ2n) is 6.75. The molecular formula is C18H36. The van der Waals surface area contributed by atoms with Crippen LogP contribution in [0.4, 0.5) is 0 Å². The van der Waals surface area contributed by atoms with Gasteiger partial charge in [-0.1, -0.05) is 66.2 Å². The SMILES string of the molecule is CCCCC(CCC)C1CCC(C(C)CC)CC1. The van der Waals surface area contributed by atoms with Gasteiger partial charge in [-0.05, 0) is 49.4 Å². The Morgan fingerprint density at radius 2 is 1.44 bits per heavy atom. The van der Waals surface area contributed by atoms with Crippen LogP contribution in [-0.4, -0.2) is 0 Å². The normalized spacial score (nSPS) is 28.0. The zero-order valence-electron chi connectivity index (χ0n) is 13.4. The zero-order valence-corrected chi connectivity index (χ0v) is 13.4. The molecule has 1 rings (SSSR count). The third kappa shape index (κ3) is 4.94. The van der Waals surface area contributed by atoms with Crippen LogP contribution in [0.2, 0.25) is 0 Å². The van der Waals surface area contributed by atoms with E-state index in [1.807, 2.05) is 0 Å². The van der Waals surface area contributed by atoms with E-state index in [0.717, 1.165) is 23.7 Å². The minimum Gasteiger partial charge on any atom is -0.0654 e. The van der Waals surface area contributed by atoms with Crippen LogP contribution in [0.1, 0.15) is 91.9 Å². The minimum atomic E-state index is 0.964. The Balaban J connectivity index is 2.37. The highest BCUT2D eigenvalue weighted by atomic mass is 14.3. The smallest absolute Gasteiger partial charge is 0.0386 e. The first-order chi connectivity index (χ1) is 8.72. The molecule has 1 aliphatic rings. The molecule has 1 aliphatic carbocycles. The molecule has 108 valence electrons. The van der Waals surface area contributed by atoms with Crippen molar-refractivity contribution in [1.29, 1.82) is 0 Å². The highest BCUT2D eigenvalue weighted by Crippen LogP contribution is 2.40. The van der Waals surface area contributed by atoms with Gasteiger partial charge in [0.1, 0.15) is 0 Å². The summed E-state index contributed by atoms with van der Waals surface area (Å²) in [4.78, 5) is 0.